The molecule has 3 fully saturated rings. The molecule has 19 nitrogen and oxygen atoms in total. The lowest BCUT2D eigenvalue weighted by Gasteiger charge is -2.48. The summed E-state index contributed by atoms with van der Waals surface area (Å²) in [5, 5.41) is 121. The van der Waals surface area contributed by atoms with Gasteiger partial charge in [0.15, 0.2) is 18.9 Å². The second-order valence-corrected chi connectivity index (χ2v) is 28.1. The third-order valence-corrected chi connectivity index (χ3v) is 19.2. The Bertz CT molecular complexity index is 2400. The number of aliphatic hydroxyl groups excluding tert-OH is 11. The van der Waals surface area contributed by atoms with Gasteiger partial charge in [-0.15, -0.1) is 0 Å². The van der Waals surface area contributed by atoms with Crippen molar-refractivity contribution in [2.45, 2.75) is 369 Å². The van der Waals surface area contributed by atoms with Gasteiger partial charge < -0.3 is 89.9 Å². The molecule has 0 aromatic heterocycles. The van der Waals surface area contributed by atoms with E-state index in [1.165, 1.54) is 122 Å². The molecule has 0 saturated carbocycles. The normalized spacial score (nSPS) is 26.6. The molecule has 3 rings (SSSR count). The van der Waals surface area contributed by atoms with Crippen molar-refractivity contribution >= 4 is 5.91 Å². The molecule has 17 unspecified atom stereocenters. The predicted octanol–water partition coefficient (Wildman–Crippen LogP) is 13.7. The minimum absolute atomic E-state index is 0.224. The van der Waals surface area contributed by atoms with E-state index in [1.54, 1.807) is 6.08 Å². The first-order valence-electron chi connectivity index (χ1n) is 40.4. The van der Waals surface area contributed by atoms with Crippen LogP contribution >= 0.6 is 0 Å². The first-order valence-corrected chi connectivity index (χ1v) is 40.4. The summed E-state index contributed by atoms with van der Waals surface area (Å²) >= 11 is 0. The Labute approximate surface area is 626 Å². The number of rotatable bonds is 62. The zero-order valence-corrected chi connectivity index (χ0v) is 63.7. The largest absolute Gasteiger partial charge is 0.394 e. The van der Waals surface area contributed by atoms with Crippen LogP contribution in [0.2, 0.25) is 0 Å². The molecule has 3 saturated heterocycles. The van der Waals surface area contributed by atoms with Gasteiger partial charge >= 0.3 is 0 Å². The number of nitrogens with one attached hydrogen (secondary N) is 1. The van der Waals surface area contributed by atoms with Gasteiger partial charge in [-0.1, -0.05) is 282 Å². The van der Waals surface area contributed by atoms with Gasteiger partial charge in [-0.05, 0) is 109 Å². The first-order chi connectivity index (χ1) is 50.8. The van der Waals surface area contributed by atoms with E-state index in [0.717, 1.165) is 109 Å². The second-order valence-electron chi connectivity index (χ2n) is 28.1. The Hall–Kier alpha value is -4.07. The minimum Gasteiger partial charge on any atom is -0.394 e. The maximum atomic E-state index is 13.5. The molecule has 0 aromatic carbocycles. The van der Waals surface area contributed by atoms with E-state index in [4.69, 9.17) is 28.4 Å². The lowest BCUT2D eigenvalue weighted by Crippen LogP contribution is -2.66. The van der Waals surface area contributed by atoms with Crippen molar-refractivity contribution < 1.29 is 89.4 Å². The fraction of sp³-hybridized carbons (Fsp3) is 0.729. The molecule has 596 valence electrons. The Morgan fingerprint density at radius 2 is 0.673 bits per heavy atom. The molecule has 17 atom stereocenters. The van der Waals surface area contributed by atoms with Crippen LogP contribution in [0, 0.1) is 0 Å². The van der Waals surface area contributed by atoms with Gasteiger partial charge in [-0.3, -0.25) is 4.79 Å². The van der Waals surface area contributed by atoms with E-state index in [2.05, 4.69) is 141 Å². The highest BCUT2D eigenvalue weighted by atomic mass is 16.8. The quantitative estimate of drug-likeness (QED) is 0.0199. The number of hydrogen-bond acceptors (Lipinski definition) is 18. The summed E-state index contributed by atoms with van der Waals surface area (Å²) in [5.41, 5.74) is 0. The molecule has 0 spiro atoms. The van der Waals surface area contributed by atoms with Crippen LogP contribution in [0.15, 0.2) is 134 Å². The number of unbranched alkanes of at least 4 members (excludes halogenated alkanes) is 26. The number of amides is 1. The van der Waals surface area contributed by atoms with Crippen LogP contribution in [0.4, 0.5) is 0 Å². The molecule has 0 radical (unpaired) electrons. The highest BCUT2D eigenvalue weighted by Crippen LogP contribution is 2.33. The fourth-order valence-electron chi connectivity index (χ4n) is 12.7. The van der Waals surface area contributed by atoms with Crippen molar-refractivity contribution in [3.63, 3.8) is 0 Å². The number of aliphatic hydroxyl groups is 11. The molecular formula is C85H143NO18. The van der Waals surface area contributed by atoms with E-state index in [9.17, 15) is 61.0 Å². The fourth-order valence-corrected chi connectivity index (χ4v) is 12.7. The number of carbonyl (C=O) groups excluding carboxylic acids is 1. The maximum absolute atomic E-state index is 13.5. The summed E-state index contributed by atoms with van der Waals surface area (Å²) in [7, 11) is 0. The van der Waals surface area contributed by atoms with Crippen molar-refractivity contribution in [3.8, 4) is 0 Å². The molecule has 0 bridgehead atoms. The van der Waals surface area contributed by atoms with Crippen LogP contribution in [0.25, 0.3) is 0 Å². The van der Waals surface area contributed by atoms with E-state index in [0.29, 0.717) is 12.8 Å². The maximum Gasteiger partial charge on any atom is 0.220 e. The highest BCUT2D eigenvalue weighted by Gasteiger charge is 2.54. The van der Waals surface area contributed by atoms with E-state index in [-0.39, 0.29) is 18.9 Å². The molecule has 19 heteroatoms. The smallest absolute Gasteiger partial charge is 0.220 e. The molecule has 104 heavy (non-hydrogen) atoms. The van der Waals surface area contributed by atoms with Crippen LogP contribution < -0.4 is 5.32 Å². The van der Waals surface area contributed by atoms with Crippen molar-refractivity contribution in [1.82, 2.24) is 5.32 Å². The average Bonchev–Trinajstić information content (AvgIpc) is 0.783. The molecule has 0 aromatic rings. The number of allylic oxidation sites excluding steroid dienone is 21. The van der Waals surface area contributed by atoms with Crippen molar-refractivity contribution in [2.24, 2.45) is 0 Å². The van der Waals surface area contributed by atoms with Gasteiger partial charge in [-0.2, -0.15) is 0 Å². The molecule has 12 N–H and O–H groups in total. The van der Waals surface area contributed by atoms with Crippen molar-refractivity contribution in [1.29, 1.82) is 0 Å². The Kier molecular flexibility index (Phi) is 57.8. The van der Waals surface area contributed by atoms with Gasteiger partial charge in [-0.25, -0.2) is 0 Å². The topological polar surface area (TPSA) is 307 Å². The Morgan fingerprint density at radius 1 is 0.356 bits per heavy atom. The summed E-state index contributed by atoms with van der Waals surface area (Å²) in [6.45, 7) is 1.59. The van der Waals surface area contributed by atoms with E-state index < -0.39 is 124 Å². The van der Waals surface area contributed by atoms with Gasteiger partial charge in [0.1, 0.15) is 73.2 Å². The van der Waals surface area contributed by atoms with Gasteiger partial charge in [0.2, 0.25) is 5.91 Å². The second kappa shape index (κ2) is 63.8. The number of hydrogen-bond donors (Lipinski definition) is 12. The van der Waals surface area contributed by atoms with E-state index in [1.807, 2.05) is 6.08 Å². The summed E-state index contributed by atoms with van der Waals surface area (Å²) in [6, 6.07) is -1.01. The first kappa shape index (κ1) is 94.1. The molecule has 3 aliphatic heterocycles. The number of ether oxygens (including phenoxy) is 6. The van der Waals surface area contributed by atoms with Crippen LogP contribution in [0.3, 0.4) is 0 Å². The molecular weight excluding hydrogens is 1320 g/mol. The molecule has 1 amide bonds. The minimum atomic E-state index is -1.99. The summed E-state index contributed by atoms with van der Waals surface area (Å²) in [5.74, 6) is -0.294. The lowest BCUT2D eigenvalue weighted by atomic mass is 9.96. The Morgan fingerprint density at radius 3 is 1.08 bits per heavy atom. The highest BCUT2D eigenvalue weighted by molar-refractivity contribution is 5.76. The van der Waals surface area contributed by atoms with Crippen LogP contribution in [-0.4, -0.2) is 193 Å². The predicted molar refractivity (Wildman–Crippen MR) is 415 cm³/mol. The zero-order chi connectivity index (χ0) is 75.3. The molecule has 0 aliphatic carbocycles. The van der Waals surface area contributed by atoms with Gasteiger partial charge in [0.05, 0.1) is 38.6 Å². The average molecular weight is 1470 g/mol. The zero-order valence-electron chi connectivity index (χ0n) is 63.7. The van der Waals surface area contributed by atoms with Crippen molar-refractivity contribution in [3.05, 3.63) is 134 Å². The van der Waals surface area contributed by atoms with Crippen molar-refractivity contribution in [2.75, 3.05) is 26.4 Å². The van der Waals surface area contributed by atoms with Crippen LogP contribution in [-0.2, 0) is 33.2 Å². The SMILES string of the molecule is CC/C=C\C/C=C\C/C=C\C/C=C\C/C=C\C/C=C\C/C=C\C/C=C\CCCCCCCCCCCCCCCCC(=O)NC(COC1OC(CO)C(OC2OC(CO)C(OC3OC(CO)C(O)C(O)C3O)C(O)C2O)C(O)C1O)C(O)/C=C/CC/C=C/CC/C=C/CCCCCCCCCCCC. The monoisotopic (exact) mass is 1470 g/mol. The Balaban J connectivity index is 1.35. The molecule has 3 heterocycles. The summed E-state index contributed by atoms with van der Waals surface area (Å²) in [6.07, 6.45) is 64.4. The van der Waals surface area contributed by atoms with Crippen LogP contribution in [0.1, 0.15) is 264 Å². The van der Waals surface area contributed by atoms with E-state index >= 15 is 0 Å². The number of carbonyl (C=O) groups is 1. The standard InChI is InChI=1S/C85H143NO18/c1-3-5-7-9-11-13-15-17-19-21-23-25-26-27-28-29-30-31-32-33-34-35-36-37-38-39-40-41-42-43-45-47-49-51-53-55-57-59-61-63-73(91)86-68(69(90)62-60-58-56-54-52-50-48-46-44-24-22-20-18-16-14-12-10-8-6-4-2)67-99-83-79(97)76(94)81(71(65-88)101-83)104-85-80(98)77(95)82(72(66-89)102-85)103-84-78(96)75(93)74(92)70(64-87)100-84/h5,7,11,13,17,19,23,25,27-28,30-31,33-34,36-37,44,46,52,54,60,62,68-72,74-85,87-90,92-98H,3-4,6,8-10,12,14-16,18,20-22,24,26,29,32,35,38-43,45,47-51,53,55-59,61,63-67H2,1-2H3,(H,86,91)/b7-5-,13-11-,19-17-,25-23-,28-27-,31-30-,34-33-,37-36-,46-44+,54-52+,62-60+. The third kappa shape index (κ3) is 43.2. The van der Waals surface area contributed by atoms with Gasteiger partial charge in [0.25, 0.3) is 0 Å². The van der Waals surface area contributed by atoms with Crippen LogP contribution in [0.5, 0.6) is 0 Å². The third-order valence-electron chi connectivity index (χ3n) is 19.2. The summed E-state index contributed by atoms with van der Waals surface area (Å²) < 4.78 is 34.4. The summed E-state index contributed by atoms with van der Waals surface area (Å²) in [4.78, 5) is 13.5. The van der Waals surface area contributed by atoms with Gasteiger partial charge in [0, 0.05) is 6.42 Å². The lowest BCUT2D eigenvalue weighted by molar-refractivity contribution is -0.379. The molecule has 3 aliphatic rings.